The summed E-state index contributed by atoms with van der Waals surface area (Å²) in [6, 6.07) is 11.0. The molecular weight excluding hydrogens is 440 g/mol. The Labute approximate surface area is 196 Å². The Kier molecular flexibility index (Phi) is 5.87. The van der Waals surface area contributed by atoms with Gasteiger partial charge in [-0.3, -0.25) is 9.69 Å². The van der Waals surface area contributed by atoms with Gasteiger partial charge in [-0.2, -0.15) is 0 Å². The van der Waals surface area contributed by atoms with Crippen LogP contribution in [0.1, 0.15) is 23.8 Å². The number of carbonyl (C=O) groups is 1. The molecule has 1 N–H and O–H groups in total. The van der Waals surface area contributed by atoms with E-state index in [4.69, 9.17) is 4.74 Å². The van der Waals surface area contributed by atoms with Gasteiger partial charge in [0.15, 0.2) is 5.82 Å². The quantitative estimate of drug-likeness (QED) is 0.594. The lowest BCUT2D eigenvalue weighted by Gasteiger charge is -2.36. The fourth-order valence-electron chi connectivity index (χ4n) is 4.97. The molecule has 7 nitrogen and oxygen atoms in total. The number of hydrogen-bond donors (Lipinski definition) is 1. The summed E-state index contributed by atoms with van der Waals surface area (Å²) in [5.41, 5.74) is 1.26. The number of ether oxygens (including phenoxy) is 1. The highest BCUT2D eigenvalue weighted by molar-refractivity contribution is 6.05. The van der Waals surface area contributed by atoms with Crippen LogP contribution in [0, 0.1) is 11.6 Å². The third-order valence-corrected chi connectivity index (χ3v) is 6.58. The predicted molar refractivity (Wildman–Crippen MR) is 125 cm³/mol. The Morgan fingerprint density at radius 2 is 2.03 bits per heavy atom. The Morgan fingerprint density at radius 3 is 2.76 bits per heavy atom. The van der Waals surface area contributed by atoms with Crippen LogP contribution in [0.5, 0.6) is 5.75 Å². The van der Waals surface area contributed by atoms with E-state index >= 15 is 0 Å². The van der Waals surface area contributed by atoms with E-state index in [0.717, 1.165) is 31.7 Å². The Morgan fingerprint density at radius 1 is 1.18 bits per heavy atom. The van der Waals surface area contributed by atoms with E-state index in [2.05, 4.69) is 32.0 Å². The van der Waals surface area contributed by atoms with Crippen LogP contribution >= 0.6 is 0 Å². The number of piperazine rings is 1. The first kappa shape index (κ1) is 22.2. The van der Waals surface area contributed by atoms with Gasteiger partial charge in [-0.15, -0.1) is 0 Å². The normalized spacial score (nSPS) is 19.5. The fourth-order valence-corrected chi connectivity index (χ4v) is 4.97. The average molecular weight is 466 g/mol. The molecule has 34 heavy (non-hydrogen) atoms. The van der Waals surface area contributed by atoms with Gasteiger partial charge < -0.3 is 15.0 Å². The highest BCUT2D eigenvalue weighted by Gasteiger charge is 2.43. The molecule has 5 rings (SSSR count). The van der Waals surface area contributed by atoms with Crippen molar-refractivity contribution in [3.63, 3.8) is 0 Å². The van der Waals surface area contributed by atoms with E-state index in [-0.39, 0.29) is 22.8 Å². The number of amides is 1. The minimum absolute atomic E-state index is 0.0265. The zero-order valence-electron chi connectivity index (χ0n) is 19.0. The number of benzene rings is 2. The van der Waals surface area contributed by atoms with Crippen LogP contribution in [-0.2, 0) is 0 Å². The molecule has 0 aliphatic carbocycles. The summed E-state index contributed by atoms with van der Waals surface area (Å²) >= 11 is 0. The molecular formula is C25H25F2N5O2. The number of likely N-dealkylation sites (tertiary alicyclic amines) is 1. The van der Waals surface area contributed by atoms with Crippen LogP contribution in [-0.4, -0.2) is 59.6 Å². The second kappa shape index (κ2) is 8.98. The van der Waals surface area contributed by atoms with Gasteiger partial charge in [0.1, 0.15) is 23.1 Å². The smallest absolute Gasteiger partial charge is 0.274 e. The van der Waals surface area contributed by atoms with Crippen molar-refractivity contribution in [3.05, 3.63) is 66.0 Å². The van der Waals surface area contributed by atoms with E-state index in [0.29, 0.717) is 17.8 Å². The summed E-state index contributed by atoms with van der Waals surface area (Å²) in [4.78, 5) is 26.2. The summed E-state index contributed by atoms with van der Waals surface area (Å²) in [6.07, 6.45) is 2.44. The molecule has 1 unspecified atom stereocenters. The van der Waals surface area contributed by atoms with E-state index < -0.39 is 17.5 Å². The minimum atomic E-state index is -0.561. The average Bonchev–Trinajstić information content (AvgIpc) is 3.45. The van der Waals surface area contributed by atoms with Gasteiger partial charge in [0.05, 0.1) is 24.0 Å². The second-order valence-corrected chi connectivity index (χ2v) is 8.48. The molecule has 9 heteroatoms. The van der Waals surface area contributed by atoms with E-state index in [1.807, 2.05) is 0 Å². The van der Waals surface area contributed by atoms with E-state index in [1.54, 1.807) is 12.1 Å². The van der Waals surface area contributed by atoms with Gasteiger partial charge in [-0.05, 0) is 49.4 Å². The summed E-state index contributed by atoms with van der Waals surface area (Å²) in [7, 11) is 1.42. The van der Waals surface area contributed by atoms with Crippen molar-refractivity contribution in [1.29, 1.82) is 0 Å². The molecule has 0 saturated carbocycles. The van der Waals surface area contributed by atoms with Gasteiger partial charge in [0, 0.05) is 31.4 Å². The molecule has 2 atom stereocenters. The molecule has 1 amide bonds. The summed E-state index contributed by atoms with van der Waals surface area (Å²) in [6.45, 7) is 4.94. The molecule has 2 bridgehead atoms. The van der Waals surface area contributed by atoms with Crippen molar-refractivity contribution in [1.82, 2.24) is 14.9 Å². The number of nitrogens with one attached hydrogen (secondary N) is 1. The summed E-state index contributed by atoms with van der Waals surface area (Å²) in [5, 5.41) is 2.80. The number of likely N-dealkylation sites (N-methyl/N-ethyl adjacent to an activating group) is 1. The highest BCUT2D eigenvalue weighted by atomic mass is 19.1. The molecule has 0 radical (unpaired) electrons. The van der Waals surface area contributed by atoms with Crippen LogP contribution in [0.4, 0.5) is 20.2 Å². The third-order valence-electron chi connectivity index (χ3n) is 6.58. The third kappa shape index (κ3) is 3.96. The predicted octanol–water partition coefficient (Wildman–Crippen LogP) is 3.97. The molecule has 2 saturated heterocycles. The number of anilines is 2. The van der Waals surface area contributed by atoms with Crippen LogP contribution in [0.3, 0.4) is 0 Å². The fraction of sp³-hybridized carbons (Fsp3) is 0.320. The summed E-state index contributed by atoms with van der Waals surface area (Å²) < 4.78 is 33.9. The highest BCUT2D eigenvalue weighted by Crippen LogP contribution is 2.38. The number of carbonyl (C=O) groups excluding carboxylic acids is 1. The molecule has 2 fully saturated rings. The maximum Gasteiger partial charge on any atom is 0.274 e. The number of methoxy groups -OCH3 is 1. The topological polar surface area (TPSA) is 70.6 Å². The number of halogens is 2. The van der Waals surface area contributed by atoms with Crippen molar-refractivity contribution >= 4 is 17.3 Å². The SMILES string of the molecule is CCN1C[C@H]2CC1CN2c1ccc(F)cc1NC(=O)c1ccnc(-c2c(F)cccc2OC)n1. The van der Waals surface area contributed by atoms with Gasteiger partial charge >= 0.3 is 0 Å². The largest absolute Gasteiger partial charge is 0.496 e. The molecule has 1 aromatic heterocycles. The van der Waals surface area contributed by atoms with Crippen molar-refractivity contribution in [2.75, 3.05) is 37.0 Å². The van der Waals surface area contributed by atoms with Gasteiger partial charge in [0.2, 0.25) is 0 Å². The Balaban J connectivity index is 1.42. The monoisotopic (exact) mass is 465 g/mol. The first-order chi connectivity index (χ1) is 16.5. The van der Waals surface area contributed by atoms with Crippen molar-refractivity contribution in [2.45, 2.75) is 25.4 Å². The van der Waals surface area contributed by atoms with Crippen LogP contribution in [0.25, 0.3) is 11.4 Å². The minimum Gasteiger partial charge on any atom is -0.496 e. The van der Waals surface area contributed by atoms with Gasteiger partial charge in [-0.25, -0.2) is 18.7 Å². The lowest BCUT2D eigenvalue weighted by atomic mass is 10.1. The van der Waals surface area contributed by atoms with Crippen LogP contribution in [0.15, 0.2) is 48.7 Å². The second-order valence-electron chi connectivity index (χ2n) is 8.48. The Bertz CT molecular complexity index is 1240. The maximum atomic E-state index is 14.5. The standard InChI is InChI=1S/C25H25F2N5O2/c1-3-31-13-17-12-16(31)14-32(17)21-8-7-15(26)11-20(21)30-25(33)19-9-10-28-24(29-19)23-18(27)5-4-6-22(23)34-2/h4-11,16-17H,3,12-14H2,1-2H3,(H,30,33)/t16?,17-/m1/s1. The Hall–Kier alpha value is -3.59. The first-order valence-electron chi connectivity index (χ1n) is 11.3. The van der Waals surface area contributed by atoms with Crippen LogP contribution < -0.4 is 15.0 Å². The molecule has 2 aliphatic heterocycles. The number of nitrogens with zero attached hydrogens (tertiary/aromatic N) is 4. The van der Waals surface area contributed by atoms with E-state index in [9.17, 15) is 13.6 Å². The van der Waals surface area contributed by atoms with Gasteiger partial charge in [-0.1, -0.05) is 13.0 Å². The van der Waals surface area contributed by atoms with Crippen LogP contribution in [0.2, 0.25) is 0 Å². The zero-order valence-corrected chi connectivity index (χ0v) is 19.0. The lowest BCUT2D eigenvalue weighted by Crippen LogP contribution is -2.46. The molecule has 3 heterocycles. The molecule has 0 spiro atoms. The number of rotatable bonds is 6. The molecule has 2 aromatic carbocycles. The van der Waals surface area contributed by atoms with E-state index in [1.165, 1.54) is 43.6 Å². The molecule has 2 aliphatic rings. The lowest BCUT2D eigenvalue weighted by molar-refractivity contribution is 0.102. The number of fused-ring (bicyclic) bond motifs is 2. The zero-order chi connectivity index (χ0) is 23.8. The number of aromatic nitrogens is 2. The van der Waals surface area contributed by atoms with Crippen molar-refractivity contribution < 1.29 is 18.3 Å². The molecule has 176 valence electrons. The maximum absolute atomic E-state index is 14.5. The van der Waals surface area contributed by atoms with Crippen molar-refractivity contribution in [3.8, 4) is 17.1 Å². The number of hydrogen-bond acceptors (Lipinski definition) is 6. The summed E-state index contributed by atoms with van der Waals surface area (Å²) in [5.74, 6) is -1.26. The first-order valence-corrected chi connectivity index (χ1v) is 11.3. The molecule has 3 aromatic rings. The van der Waals surface area contributed by atoms with Gasteiger partial charge in [0.25, 0.3) is 5.91 Å². The van der Waals surface area contributed by atoms with Crippen molar-refractivity contribution in [2.24, 2.45) is 0 Å².